The predicted octanol–water partition coefficient (Wildman–Crippen LogP) is 2.51. The highest BCUT2D eigenvalue weighted by molar-refractivity contribution is 9.10. The molecule has 0 unspecified atom stereocenters. The summed E-state index contributed by atoms with van der Waals surface area (Å²) in [6.45, 7) is 2.04. The third-order valence-electron chi connectivity index (χ3n) is 2.27. The van der Waals surface area contributed by atoms with Crippen LogP contribution in [0, 0.1) is 0 Å². The summed E-state index contributed by atoms with van der Waals surface area (Å²) >= 11 is 10.9. The van der Waals surface area contributed by atoms with Gasteiger partial charge in [0.05, 0.1) is 11.2 Å². The van der Waals surface area contributed by atoms with Gasteiger partial charge in [0, 0.05) is 40.6 Å². The van der Waals surface area contributed by atoms with Crippen molar-refractivity contribution in [3.05, 3.63) is 48.7 Å². The van der Waals surface area contributed by atoms with Crippen molar-refractivity contribution in [2.75, 3.05) is 6.54 Å². The molecule has 18 heavy (non-hydrogen) atoms. The van der Waals surface area contributed by atoms with Crippen molar-refractivity contribution in [1.82, 2.24) is 14.9 Å². The molecule has 1 N–H and O–H groups in total. The molecule has 0 bridgehead atoms. The van der Waals surface area contributed by atoms with Crippen LogP contribution in [0.15, 0.2) is 33.1 Å². The summed E-state index contributed by atoms with van der Waals surface area (Å²) in [5.41, 5.74) is -0.278. The molecule has 0 saturated heterocycles. The van der Waals surface area contributed by atoms with Crippen LogP contribution in [0.25, 0.3) is 0 Å². The van der Waals surface area contributed by atoms with Gasteiger partial charge < -0.3 is 5.32 Å². The Kier molecular flexibility index (Phi) is 4.94. The van der Waals surface area contributed by atoms with Gasteiger partial charge in [-0.3, -0.25) is 4.57 Å². The van der Waals surface area contributed by atoms with Crippen LogP contribution in [-0.2, 0) is 13.1 Å². The number of hydrogen-bond acceptors (Lipinski definition) is 4. The minimum atomic E-state index is -0.278. The van der Waals surface area contributed by atoms with Crippen molar-refractivity contribution in [3.8, 4) is 0 Å². The molecule has 2 heterocycles. The number of aromatic nitrogens is 2. The summed E-state index contributed by atoms with van der Waals surface area (Å²) in [5.74, 6) is 0. The normalized spacial score (nSPS) is 10.8. The minimum absolute atomic E-state index is 0.278. The minimum Gasteiger partial charge on any atom is -0.310 e. The van der Waals surface area contributed by atoms with Crippen molar-refractivity contribution in [2.45, 2.75) is 13.1 Å². The van der Waals surface area contributed by atoms with E-state index < -0.39 is 0 Å². The third kappa shape index (κ3) is 3.91. The van der Waals surface area contributed by atoms with E-state index in [0.29, 0.717) is 18.1 Å². The lowest BCUT2D eigenvalue weighted by molar-refractivity contribution is 0.578. The first-order valence-corrected chi connectivity index (χ1v) is 7.36. The van der Waals surface area contributed by atoms with Crippen LogP contribution < -0.4 is 11.0 Å². The Balaban J connectivity index is 1.82. The Morgan fingerprint density at radius 1 is 1.56 bits per heavy atom. The van der Waals surface area contributed by atoms with E-state index in [2.05, 4.69) is 32.3 Å². The number of thiophene rings is 1. The first-order chi connectivity index (χ1) is 8.65. The molecule has 0 aliphatic rings. The fourth-order valence-electron chi connectivity index (χ4n) is 1.45. The lowest BCUT2D eigenvalue weighted by Crippen LogP contribution is -2.27. The number of nitrogens with zero attached hydrogens (tertiary/aromatic N) is 2. The smallest absolute Gasteiger partial charge is 0.310 e. The Bertz CT molecular complexity index is 584. The van der Waals surface area contributed by atoms with E-state index in [1.807, 2.05) is 5.38 Å². The summed E-state index contributed by atoms with van der Waals surface area (Å²) in [4.78, 5) is 16.3. The molecule has 0 aromatic carbocycles. The molecule has 2 aromatic rings. The third-order valence-corrected chi connectivity index (χ3v) is 4.17. The van der Waals surface area contributed by atoms with Crippen molar-refractivity contribution in [1.29, 1.82) is 0 Å². The number of hydrogen-bond donors (Lipinski definition) is 1. The summed E-state index contributed by atoms with van der Waals surface area (Å²) in [6.07, 6.45) is 2.96. The molecule has 0 fully saturated rings. The van der Waals surface area contributed by atoms with Crippen LogP contribution in [0.1, 0.15) is 4.88 Å². The Morgan fingerprint density at radius 2 is 2.39 bits per heavy atom. The zero-order valence-electron chi connectivity index (χ0n) is 9.40. The Morgan fingerprint density at radius 3 is 3.11 bits per heavy atom. The van der Waals surface area contributed by atoms with Crippen molar-refractivity contribution in [2.24, 2.45) is 0 Å². The van der Waals surface area contributed by atoms with Crippen molar-refractivity contribution in [3.63, 3.8) is 0 Å². The lowest BCUT2D eigenvalue weighted by atomic mass is 10.4. The molecule has 96 valence electrons. The molecule has 7 heteroatoms. The fourth-order valence-corrected chi connectivity index (χ4v) is 3.03. The summed E-state index contributed by atoms with van der Waals surface area (Å²) in [5, 5.41) is 5.78. The van der Waals surface area contributed by atoms with Crippen LogP contribution in [0.2, 0.25) is 5.02 Å². The van der Waals surface area contributed by atoms with Crippen LogP contribution >= 0.6 is 38.9 Å². The molecule has 0 amide bonds. The first-order valence-electron chi connectivity index (χ1n) is 5.31. The highest BCUT2D eigenvalue weighted by Gasteiger charge is 1.99. The number of rotatable bonds is 5. The van der Waals surface area contributed by atoms with Gasteiger partial charge in [0.2, 0.25) is 0 Å². The molecular formula is C11H11BrClN3OS. The second kappa shape index (κ2) is 6.47. The van der Waals surface area contributed by atoms with E-state index in [9.17, 15) is 4.79 Å². The topological polar surface area (TPSA) is 46.9 Å². The van der Waals surface area contributed by atoms with Crippen LogP contribution in [-0.4, -0.2) is 16.1 Å². The van der Waals surface area contributed by atoms with Gasteiger partial charge in [-0.05, 0) is 22.0 Å². The maximum absolute atomic E-state index is 11.4. The van der Waals surface area contributed by atoms with E-state index in [4.69, 9.17) is 11.6 Å². The molecule has 0 radical (unpaired) electrons. The SMILES string of the molecule is O=c1ncc(Cl)cn1CCNCc1cc(Br)cs1. The molecule has 2 rings (SSSR count). The van der Waals surface area contributed by atoms with Crippen LogP contribution in [0.4, 0.5) is 0 Å². The number of nitrogens with one attached hydrogen (secondary N) is 1. The van der Waals surface area contributed by atoms with Gasteiger partial charge >= 0.3 is 5.69 Å². The standard InChI is InChI=1S/C11H11BrClN3OS/c12-8-3-10(18-7-8)5-14-1-2-16-6-9(13)4-15-11(16)17/h3-4,6-7,14H,1-2,5H2. The van der Waals surface area contributed by atoms with E-state index in [-0.39, 0.29) is 5.69 Å². The number of halogens is 2. The van der Waals surface area contributed by atoms with Gasteiger partial charge in [0.1, 0.15) is 0 Å². The maximum Gasteiger partial charge on any atom is 0.347 e. The van der Waals surface area contributed by atoms with Crippen LogP contribution in [0.5, 0.6) is 0 Å². The maximum atomic E-state index is 11.4. The summed E-state index contributed by atoms with van der Waals surface area (Å²) < 4.78 is 2.60. The largest absolute Gasteiger partial charge is 0.347 e. The predicted molar refractivity (Wildman–Crippen MR) is 77.2 cm³/mol. The quantitative estimate of drug-likeness (QED) is 0.845. The average Bonchev–Trinajstić information content (AvgIpc) is 2.75. The van der Waals surface area contributed by atoms with Gasteiger partial charge in [0.15, 0.2) is 0 Å². The van der Waals surface area contributed by atoms with Gasteiger partial charge in [-0.1, -0.05) is 11.6 Å². The van der Waals surface area contributed by atoms with Gasteiger partial charge in [-0.15, -0.1) is 11.3 Å². The molecule has 0 aliphatic heterocycles. The van der Waals surface area contributed by atoms with E-state index in [1.165, 1.54) is 15.6 Å². The zero-order chi connectivity index (χ0) is 13.0. The molecule has 0 aliphatic carbocycles. The van der Waals surface area contributed by atoms with E-state index >= 15 is 0 Å². The van der Waals surface area contributed by atoms with Crippen molar-refractivity contribution >= 4 is 38.9 Å². The molecule has 2 aromatic heterocycles. The monoisotopic (exact) mass is 347 g/mol. The van der Waals surface area contributed by atoms with Gasteiger partial charge in [-0.2, -0.15) is 0 Å². The second-order valence-corrected chi connectivity index (χ2v) is 6.00. The van der Waals surface area contributed by atoms with E-state index in [1.54, 1.807) is 17.5 Å². The Labute approximate surface area is 122 Å². The molecule has 0 saturated carbocycles. The first kappa shape index (κ1) is 13.7. The molecular weight excluding hydrogens is 338 g/mol. The summed E-state index contributed by atoms with van der Waals surface area (Å²) in [7, 11) is 0. The fraction of sp³-hybridized carbons (Fsp3) is 0.273. The van der Waals surface area contributed by atoms with Crippen molar-refractivity contribution < 1.29 is 0 Å². The highest BCUT2D eigenvalue weighted by atomic mass is 79.9. The average molecular weight is 349 g/mol. The molecule has 4 nitrogen and oxygen atoms in total. The Hall–Kier alpha value is -0.690. The summed E-state index contributed by atoms with van der Waals surface area (Å²) in [6, 6.07) is 2.07. The van der Waals surface area contributed by atoms with E-state index in [0.717, 1.165) is 11.0 Å². The second-order valence-electron chi connectivity index (χ2n) is 3.66. The lowest BCUT2D eigenvalue weighted by Gasteiger charge is -2.06. The van der Waals surface area contributed by atoms with Gasteiger partial charge in [-0.25, -0.2) is 9.78 Å². The van der Waals surface area contributed by atoms with Crippen LogP contribution in [0.3, 0.4) is 0 Å². The van der Waals surface area contributed by atoms with Gasteiger partial charge in [0.25, 0.3) is 0 Å². The highest BCUT2D eigenvalue weighted by Crippen LogP contribution is 2.19. The molecule has 0 atom stereocenters. The molecule has 0 spiro atoms. The zero-order valence-corrected chi connectivity index (χ0v) is 12.6.